The molecule has 1 atom stereocenters. The topological polar surface area (TPSA) is 68.2 Å². The van der Waals surface area contributed by atoms with Gasteiger partial charge in [-0.25, -0.2) is 0 Å². The van der Waals surface area contributed by atoms with Gasteiger partial charge < -0.3 is 15.2 Å². The minimum atomic E-state index is 0.562. The molecule has 0 saturated carbocycles. The van der Waals surface area contributed by atoms with Crippen LogP contribution in [-0.2, 0) is 12.8 Å². The van der Waals surface area contributed by atoms with Gasteiger partial charge in [0.1, 0.15) is 0 Å². The number of hydrogen-bond acceptors (Lipinski definition) is 5. The van der Waals surface area contributed by atoms with Crippen molar-refractivity contribution in [2.75, 3.05) is 19.6 Å². The van der Waals surface area contributed by atoms with Crippen molar-refractivity contribution in [3.05, 3.63) is 11.7 Å². The Hall–Kier alpha value is -0.940. The van der Waals surface area contributed by atoms with Crippen LogP contribution in [0, 0.1) is 5.92 Å². The van der Waals surface area contributed by atoms with Gasteiger partial charge in [-0.2, -0.15) is 4.98 Å². The summed E-state index contributed by atoms with van der Waals surface area (Å²) in [4.78, 5) is 6.86. The van der Waals surface area contributed by atoms with Crippen molar-refractivity contribution >= 4 is 0 Å². The monoisotopic (exact) mass is 238 g/mol. The molecule has 0 bridgehead atoms. The zero-order chi connectivity index (χ0) is 12.3. The molecular formula is C12H22N4O. The number of hydrogen-bond donors (Lipinski definition) is 1. The summed E-state index contributed by atoms with van der Waals surface area (Å²) in [6.07, 6.45) is 2.84. The van der Waals surface area contributed by atoms with Crippen molar-refractivity contribution in [2.45, 2.75) is 39.2 Å². The average molecular weight is 238 g/mol. The summed E-state index contributed by atoms with van der Waals surface area (Å²) in [6.45, 7) is 7.40. The lowest BCUT2D eigenvalue weighted by Crippen LogP contribution is -2.28. The van der Waals surface area contributed by atoms with E-state index in [0.717, 1.165) is 18.8 Å². The smallest absolute Gasteiger partial charge is 0.227 e. The first-order valence-electron chi connectivity index (χ1n) is 6.44. The van der Waals surface area contributed by atoms with Crippen LogP contribution in [0.2, 0.25) is 0 Å². The average Bonchev–Trinajstić information content (AvgIpc) is 2.89. The van der Waals surface area contributed by atoms with Crippen LogP contribution < -0.4 is 5.73 Å². The molecule has 5 nitrogen and oxygen atoms in total. The van der Waals surface area contributed by atoms with Gasteiger partial charge in [0.2, 0.25) is 5.89 Å². The van der Waals surface area contributed by atoms with Crippen molar-refractivity contribution in [3.8, 4) is 0 Å². The first kappa shape index (κ1) is 12.5. The summed E-state index contributed by atoms with van der Waals surface area (Å²) in [5.41, 5.74) is 5.45. The van der Waals surface area contributed by atoms with Gasteiger partial charge in [-0.1, -0.05) is 5.16 Å². The van der Waals surface area contributed by atoms with Crippen molar-refractivity contribution in [1.82, 2.24) is 15.0 Å². The van der Waals surface area contributed by atoms with Crippen LogP contribution >= 0.6 is 0 Å². The first-order chi connectivity index (χ1) is 8.19. The minimum absolute atomic E-state index is 0.562. The lowest BCUT2D eigenvalue weighted by molar-refractivity contribution is 0.264. The first-order valence-corrected chi connectivity index (χ1v) is 6.44. The molecule has 0 radical (unpaired) electrons. The van der Waals surface area contributed by atoms with Crippen LogP contribution in [0.3, 0.4) is 0 Å². The predicted molar refractivity (Wildman–Crippen MR) is 65.6 cm³/mol. The highest BCUT2D eigenvalue weighted by Gasteiger charge is 2.25. The number of rotatable bonds is 5. The third-order valence-corrected chi connectivity index (χ3v) is 3.39. The van der Waals surface area contributed by atoms with Gasteiger partial charge in [0.25, 0.3) is 0 Å². The second-order valence-electron chi connectivity index (χ2n) is 5.09. The highest BCUT2D eigenvalue weighted by molar-refractivity contribution is 4.91. The summed E-state index contributed by atoms with van der Waals surface area (Å²) in [5.74, 6) is 2.17. The van der Waals surface area contributed by atoms with E-state index in [1.807, 2.05) is 0 Å². The van der Waals surface area contributed by atoms with Gasteiger partial charge in [0, 0.05) is 32.0 Å². The lowest BCUT2D eigenvalue weighted by atomic mass is 10.1. The highest BCUT2D eigenvalue weighted by Crippen LogP contribution is 2.21. The van der Waals surface area contributed by atoms with E-state index in [-0.39, 0.29) is 0 Å². The molecule has 0 spiro atoms. The van der Waals surface area contributed by atoms with Crippen LogP contribution in [0.1, 0.15) is 32.0 Å². The van der Waals surface area contributed by atoms with Crippen LogP contribution in [0.5, 0.6) is 0 Å². The highest BCUT2D eigenvalue weighted by atomic mass is 16.5. The normalized spacial score (nSPS) is 21.5. The Balaban J connectivity index is 1.84. The number of aromatic nitrogens is 2. The van der Waals surface area contributed by atoms with Crippen LogP contribution in [0.25, 0.3) is 0 Å². The molecule has 1 aliphatic heterocycles. The number of likely N-dealkylation sites (tertiary alicyclic amines) is 1. The number of nitrogens with zero attached hydrogens (tertiary/aromatic N) is 3. The fourth-order valence-electron chi connectivity index (χ4n) is 2.35. The zero-order valence-corrected chi connectivity index (χ0v) is 10.7. The third kappa shape index (κ3) is 3.26. The number of nitrogens with two attached hydrogens (primary N) is 1. The maximum atomic E-state index is 5.45. The molecule has 5 heteroatoms. The van der Waals surface area contributed by atoms with E-state index in [9.17, 15) is 0 Å². The molecule has 2 rings (SSSR count). The van der Waals surface area contributed by atoms with E-state index in [4.69, 9.17) is 10.3 Å². The van der Waals surface area contributed by atoms with Crippen molar-refractivity contribution in [2.24, 2.45) is 11.7 Å². The molecule has 1 aliphatic rings. The molecule has 0 aliphatic carbocycles. The molecule has 1 saturated heterocycles. The largest absolute Gasteiger partial charge is 0.339 e. The summed E-state index contributed by atoms with van der Waals surface area (Å²) in [7, 11) is 0. The predicted octanol–water partition coefficient (Wildman–Crippen LogP) is 0.844. The van der Waals surface area contributed by atoms with Crippen LogP contribution in [-0.4, -0.2) is 40.7 Å². The molecule has 2 N–H and O–H groups in total. The van der Waals surface area contributed by atoms with Crippen molar-refractivity contribution < 1.29 is 4.52 Å². The van der Waals surface area contributed by atoms with Crippen LogP contribution in [0.4, 0.5) is 0 Å². The van der Waals surface area contributed by atoms with Gasteiger partial charge in [-0.3, -0.25) is 0 Å². The minimum Gasteiger partial charge on any atom is -0.339 e. The Labute approximate surface area is 102 Å². The second-order valence-corrected chi connectivity index (χ2v) is 5.09. The molecule has 2 heterocycles. The summed E-state index contributed by atoms with van der Waals surface area (Å²) >= 11 is 0. The molecular weight excluding hydrogens is 216 g/mol. The van der Waals surface area contributed by atoms with Crippen molar-refractivity contribution in [1.29, 1.82) is 0 Å². The SMILES string of the molecule is CC(C)N1CCC(Cc2noc(CCN)n2)C1. The molecule has 1 unspecified atom stereocenters. The molecule has 1 fully saturated rings. The fraction of sp³-hybridized carbons (Fsp3) is 0.833. The molecule has 1 aromatic rings. The van der Waals surface area contributed by atoms with Gasteiger partial charge in [-0.15, -0.1) is 0 Å². The summed E-state index contributed by atoms with van der Waals surface area (Å²) in [6, 6.07) is 0.637. The van der Waals surface area contributed by atoms with Gasteiger partial charge in [0.05, 0.1) is 0 Å². The lowest BCUT2D eigenvalue weighted by Gasteiger charge is -2.19. The molecule has 96 valence electrons. The summed E-state index contributed by atoms with van der Waals surface area (Å²) in [5, 5.41) is 4.01. The van der Waals surface area contributed by atoms with Crippen LogP contribution in [0.15, 0.2) is 4.52 Å². The van der Waals surface area contributed by atoms with E-state index in [2.05, 4.69) is 28.9 Å². The fourth-order valence-corrected chi connectivity index (χ4v) is 2.35. The van der Waals surface area contributed by atoms with E-state index in [0.29, 0.717) is 30.8 Å². The van der Waals surface area contributed by atoms with Crippen molar-refractivity contribution in [3.63, 3.8) is 0 Å². The van der Waals surface area contributed by atoms with E-state index in [1.165, 1.54) is 13.0 Å². The van der Waals surface area contributed by atoms with E-state index < -0.39 is 0 Å². The van der Waals surface area contributed by atoms with Gasteiger partial charge in [0.15, 0.2) is 5.82 Å². The molecule has 1 aromatic heterocycles. The van der Waals surface area contributed by atoms with E-state index >= 15 is 0 Å². The van der Waals surface area contributed by atoms with Gasteiger partial charge >= 0.3 is 0 Å². The molecule has 0 aromatic carbocycles. The molecule has 17 heavy (non-hydrogen) atoms. The zero-order valence-electron chi connectivity index (χ0n) is 10.7. The standard InChI is InChI=1S/C12H22N4O/c1-9(2)16-6-4-10(8-16)7-11-14-12(3-5-13)17-15-11/h9-10H,3-8,13H2,1-2H3. The Kier molecular flexibility index (Phi) is 4.12. The van der Waals surface area contributed by atoms with E-state index in [1.54, 1.807) is 0 Å². The quantitative estimate of drug-likeness (QED) is 0.823. The molecule has 0 amide bonds. The maximum absolute atomic E-state index is 5.45. The Bertz CT molecular complexity index is 350. The third-order valence-electron chi connectivity index (χ3n) is 3.39. The van der Waals surface area contributed by atoms with Gasteiger partial charge in [-0.05, 0) is 32.7 Å². The second kappa shape index (κ2) is 5.60. The Morgan fingerprint density at radius 1 is 1.53 bits per heavy atom. The summed E-state index contributed by atoms with van der Waals surface area (Å²) < 4.78 is 5.13. The Morgan fingerprint density at radius 2 is 2.35 bits per heavy atom. The Morgan fingerprint density at radius 3 is 3.00 bits per heavy atom. The maximum Gasteiger partial charge on any atom is 0.227 e.